The number of fused-ring (bicyclic) bond motifs is 3. The summed E-state index contributed by atoms with van der Waals surface area (Å²) in [5, 5.41) is 7.73. The predicted octanol–water partition coefficient (Wildman–Crippen LogP) is 2.15. The van der Waals surface area contributed by atoms with E-state index in [4.69, 9.17) is 0 Å². The molecule has 0 saturated carbocycles. The van der Waals surface area contributed by atoms with Crippen molar-refractivity contribution in [1.29, 1.82) is 0 Å². The van der Waals surface area contributed by atoms with Crippen LogP contribution in [-0.4, -0.2) is 31.2 Å². The molecule has 1 saturated heterocycles. The molecule has 0 atom stereocenters. The molecule has 0 unspecified atom stereocenters. The second kappa shape index (κ2) is 4.61. The highest BCUT2D eigenvalue weighted by atomic mass is 32.1. The zero-order valence-electron chi connectivity index (χ0n) is 11.0. The Morgan fingerprint density at radius 1 is 1.15 bits per heavy atom. The van der Waals surface area contributed by atoms with Crippen LogP contribution < -0.4 is 15.8 Å². The molecule has 0 aliphatic carbocycles. The Hall–Kier alpha value is -1.85. The van der Waals surface area contributed by atoms with Crippen LogP contribution in [0.3, 0.4) is 0 Å². The molecular formula is C15H15N3OS. The second-order valence-electron chi connectivity index (χ2n) is 5.06. The van der Waals surface area contributed by atoms with Crippen LogP contribution in [0.5, 0.6) is 0 Å². The van der Waals surface area contributed by atoms with E-state index >= 15 is 0 Å². The smallest absolute Gasteiger partial charge is 0.266 e. The number of benzene rings is 1. The fourth-order valence-corrected chi connectivity index (χ4v) is 3.89. The molecule has 1 aromatic carbocycles. The molecule has 1 aliphatic rings. The van der Waals surface area contributed by atoms with Crippen molar-refractivity contribution in [3.8, 4) is 0 Å². The molecule has 2 aromatic heterocycles. The van der Waals surface area contributed by atoms with Crippen molar-refractivity contribution in [2.45, 2.75) is 0 Å². The van der Waals surface area contributed by atoms with Gasteiger partial charge in [-0.3, -0.25) is 4.79 Å². The maximum Gasteiger partial charge on any atom is 0.266 e. The lowest BCUT2D eigenvalue weighted by Crippen LogP contribution is -2.43. The van der Waals surface area contributed by atoms with E-state index in [1.165, 1.54) is 5.69 Å². The van der Waals surface area contributed by atoms with E-state index in [9.17, 15) is 4.79 Å². The summed E-state index contributed by atoms with van der Waals surface area (Å²) in [6.45, 7) is 3.98. The number of para-hydroxylation sites is 1. The lowest BCUT2D eigenvalue weighted by atomic mass is 10.1. The van der Waals surface area contributed by atoms with Crippen molar-refractivity contribution < 1.29 is 0 Å². The molecule has 3 heterocycles. The molecule has 0 amide bonds. The summed E-state index contributed by atoms with van der Waals surface area (Å²) >= 11 is 1.54. The van der Waals surface area contributed by atoms with Crippen LogP contribution in [0, 0.1) is 0 Å². The summed E-state index contributed by atoms with van der Waals surface area (Å²) in [5.41, 5.74) is 2.14. The fourth-order valence-electron chi connectivity index (χ4n) is 2.90. The van der Waals surface area contributed by atoms with Crippen LogP contribution in [0.2, 0.25) is 0 Å². The molecule has 1 aliphatic heterocycles. The number of anilines is 1. The number of nitrogens with one attached hydrogen (secondary N) is 2. The number of nitrogens with zero attached hydrogens (tertiary/aromatic N) is 1. The molecule has 4 nitrogen and oxygen atoms in total. The SMILES string of the molecule is O=c1[nH]c2ccccc2c2c(N3CCNCC3)csc12. The van der Waals surface area contributed by atoms with Crippen molar-refractivity contribution in [2.75, 3.05) is 31.1 Å². The first-order valence-electron chi connectivity index (χ1n) is 6.82. The Balaban J connectivity index is 2.04. The van der Waals surface area contributed by atoms with E-state index in [2.05, 4.69) is 26.6 Å². The van der Waals surface area contributed by atoms with E-state index in [-0.39, 0.29) is 5.56 Å². The Labute approximate surface area is 120 Å². The van der Waals surface area contributed by atoms with Gasteiger partial charge in [0.15, 0.2) is 0 Å². The highest BCUT2D eigenvalue weighted by molar-refractivity contribution is 7.18. The van der Waals surface area contributed by atoms with Crippen molar-refractivity contribution in [3.05, 3.63) is 40.0 Å². The molecule has 0 spiro atoms. The van der Waals surface area contributed by atoms with Gasteiger partial charge in [0.25, 0.3) is 5.56 Å². The number of aromatic nitrogens is 1. The number of thiophene rings is 1. The first kappa shape index (κ1) is 11.9. The van der Waals surface area contributed by atoms with Crippen LogP contribution in [0.4, 0.5) is 5.69 Å². The van der Waals surface area contributed by atoms with Gasteiger partial charge in [0, 0.05) is 47.8 Å². The number of hydrogen-bond acceptors (Lipinski definition) is 4. The molecule has 1 fully saturated rings. The average molecular weight is 285 g/mol. The Bertz CT molecular complexity index is 830. The van der Waals surface area contributed by atoms with Gasteiger partial charge in [0.1, 0.15) is 4.70 Å². The van der Waals surface area contributed by atoms with E-state index in [1.54, 1.807) is 11.3 Å². The maximum absolute atomic E-state index is 12.2. The highest BCUT2D eigenvalue weighted by Gasteiger charge is 2.18. The lowest BCUT2D eigenvalue weighted by Gasteiger charge is -2.29. The molecule has 2 N–H and O–H groups in total. The number of rotatable bonds is 1. The number of piperazine rings is 1. The molecule has 0 radical (unpaired) electrons. The van der Waals surface area contributed by atoms with Gasteiger partial charge in [0.05, 0.1) is 5.69 Å². The van der Waals surface area contributed by atoms with Gasteiger partial charge in [-0.05, 0) is 6.07 Å². The number of H-pyrrole nitrogens is 1. The van der Waals surface area contributed by atoms with E-state index in [0.29, 0.717) is 0 Å². The van der Waals surface area contributed by atoms with Crippen LogP contribution in [0.1, 0.15) is 0 Å². The van der Waals surface area contributed by atoms with Crippen molar-refractivity contribution in [2.24, 2.45) is 0 Å². The van der Waals surface area contributed by atoms with E-state index in [0.717, 1.165) is 47.2 Å². The molecule has 4 rings (SSSR count). The zero-order valence-corrected chi connectivity index (χ0v) is 11.8. The van der Waals surface area contributed by atoms with Gasteiger partial charge in [-0.2, -0.15) is 0 Å². The molecular weight excluding hydrogens is 270 g/mol. The summed E-state index contributed by atoms with van der Waals surface area (Å²) in [7, 11) is 0. The summed E-state index contributed by atoms with van der Waals surface area (Å²) in [4.78, 5) is 17.6. The Kier molecular flexibility index (Phi) is 2.75. The topological polar surface area (TPSA) is 48.1 Å². The molecule has 5 heteroatoms. The van der Waals surface area contributed by atoms with Crippen molar-refractivity contribution in [3.63, 3.8) is 0 Å². The van der Waals surface area contributed by atoms with E-state index < -0.39 is 0 Å². The first-order chi connectivity index (χ1) is 9.84. The summed E-state index contributed by atoms with van der Waals surface area (Å²) in [6, 6.07) is 8.04. The van der Waals surface area contributed by atoms with Gasteiger partial charge in [-0.15, -0.1) is 11.3 Å². The van der Waals surface area contributed by atoms with E-state index in [1.807, 2.05) is 18.2 Å². The quantitative estimate of drug-likeness (QED) is 0.720. The monoisotopic (exact) mass is 285 g/mol. The number of pyridine rings is 1. The first-order valence-corrected chi connectivity index (χ1v) is 7.70. The van der Waals surface area contributed by atoms with Gasteiger partial charge in [0.2, 0.25) is 0 Å². The summed E-state index contributed by atoms with van der Waals surface area (Å²) in [5.74, 6) is 0. The van der Waals surface area contributed by atoms with Crippen LogP contribution in [-0.2, 0) is 0 Å². The third-order valence-electron chi connectivity index (χ3n) is 3.88. The molecule has 102 valence electrons. The van der Waals surface area contributed by atoms with Gasteiger partial charge in [-0.25, -0.2) is 0 Å². The average Bonchev–Trinajstić information content (AvgIpc) is 2.94. The predicted molar refractivity (Wildman–Crippen MR) is 85.0 cm³/mol. The van der Waals surface area contributed by atoms with Crippen LogP contribution in [0.15, 0.2) is 34.4 Å². The third kappa shape index (κ3) is 1.74. The van der Waals surface area contributed by atoms with Gasteiger partial charge in [-0.1, -0.05) is 18.2 Å². The largest absolute Gasteiger partial charge is 0.368 e. The van der Waals surface area contributed by atoms with Crippen molar-refractivity contribution >= 4 is 38.0 Å². The standard InChI is InChI=1S/C15H15N3OS/c19-15-14-13(10-3-1-2-4-11(10)17-15)12(9-20-14)18-7-5-16-6-8-18/h1-4,9,16H,5-8H2,(H,17,19). The molecule has 20 heavy (non-hydrogen) atoms. The minimum absolute atomic E-state index is 0.0186. The third-order valence-corrected chi connectivity index (χ3v) is 4.85. The molecule has 0 bridgehead atoms. The number of hydrogen-bond donors (Lipinski definition) is 2. The van der Waals surface area contributed by atoms with Gasteiger partial charge >= 0.3 is 0 Å². The van der Waals surface area contributed by atoms with Gasteiger partial charge < -0.3 is 15.2 Å². The Morgan fingerprint density at radius 2 is 1.95 bits per heavy atom. The van der Waals surface area contributed by atoms with Crippen LogP contribution >= 0.6 is 11.3 Å². The Morgan fingerprint density at radius 3 is 2.80 bits per heavy atom. The minimum atomic E-state index is 0.0186. The molecule has 3 aromatic rings. The summed E-state index contributed by atoms with van der Waals surface area (Å²) < 4.78 is 0.831. The second-order valence-corrected chi connectivity index (χ2v) is 5.94. The van der Waals surface area contributed by atoms with Crippen molar-refractivity contribution in [1.82, 2.24) is 10.3 Å². The lowest BCUT2D eigenvalue weighted by molar-refractivity contribution is 0.591. The summed E-state index contributed by atoms with van der Waals surface area (Å²) in [6.07, 6.45) is 0. The minimum Gasteiger partial charge on any atom is -0.368 e. The normalized spacial score (nSPS) is 16.1. The number of aromatic amines is 1. The maximum atomic E-state index is 12.2. The van der Waals surface area contributed by atoms with Crippen LogP contribution in [0.25, 0.3) is 21.0 Å². The fraction of sp³-hybridized carbons (Fsp3) is 0.267. The zero-order chi connectivity index (χ0) is 13.5. The highest BCUT2D eigenvalue weighted by Crippen LogP contribution is 2.35.